The van der Waals surface area contributed by atoms with Gasteiger partial charge < -0.3 is 15.4 Å². The molecule has 2 aromatic rings. The third-order valence-corrected chi connectivity index (χ3v) is 2.68. The van der Waals surface area contributed by atoms with Crippen molar-refractivity contribution in [1.29, 1.82) is 0 Å². The molecule has 0 aliphatic rings. The summed E-state index contributed by atoms with van der Waals surface area (Å²) in [6.45, 7) is 4.21. The molecule has 86 valence electrons. The number of aliphatic hydroxyl groups is 1. The van der Waals surface area contributed by atoms with Gasteiger partial charge in [0.05, 0.1) is 18.0 Å². The van der Waals surface area contributed by atoms with Crippen molar-refractivity contribution in [3.8, 4) is 0 Å². The number of H-pyrrole nitrogens is 1. The number of anilines is 1. The minimum atomic E-state index is 0.00741. The summed E-state index contributed by atoms with van der Waals surface area (Å²) in [7, 11) is 0. The van der Waals surface area contributed by atoms with Gasteiger partial charge in [0.2, 0.25) is 0 Å². The van der Waals surface area contributed by atoms with E-state index >= 15 is 0 Å². The second kappa shape index (κ2) is 4.49. The predicted octanol–water partition coefficient (Wildman–Crippen LogP) is 1.39. The molecule has 2 aromatic heterocycles. The van der Waals surface area contributed by atoms with Gasteiger partial charge in [0.25, 0.3) is 0 Å². The first-order valence-electron chi connectivity index (χ1n) is 5.38. The van der Waals surface area contributed by atoms with Crippen molar-refractivity contribution in [1.82, 2.24) is 15.0 Å². The molecule has 0 spiro atoms. The summed E-state index contributed by atoms with van der Waals surface area (Å²) in [4.78, 5) is 11.3. The Morgan fingerprint density at radius 2 is 2.25 bits per heavy atom. The van der Waals surface area contributed by atoms with Crippen LogP contribution in [0.4, 0.5) is 5.82 Å². The SMILES string of the molecule is CC(C)[C@H](CO)Nc1ncnc2[nH]ccc12. The van der Waals surface area contributed by atoms with Gasteiger partial charge in [-0.05, 0) is 12.0 Å². The van der Waals surface area contributed by atoms with Gasteiger partial charge in [-0.15, -0.1) is 0 Å². The highest BCUT2D eigenvalue weighted by atomic mass is 16.3. The van der Waals surface area contributed by atoms with Gasteiger partial charge in [-0.25, -0.2) is 9.97 Å². The number of aliphatic hydroxyl groups excluding tert-OH is 1. The second-order valence-electron chi connectivity index (χ2n) is 4.14. The normalized spacial score (nSPS) is 13.2. The molecule has 5 nitrogen and oxygen atoms in total. The van der Waals surface area contributed by atoms with E-state index in [0.29, 0.717) is 5.92 Å². The molecule has 2 rings (SSSR count). The van der Waals surface area contributed by atoms with Crippen molar-refractivity contribution >= 4 is 16.9 Å². The average molecular weight is 220 g/mol. The molecule has 0 radical (unpaired) electrons. The van der Waals surface area contributed by atoms with Crippen molar-refractivity contribution in [3.63, 3.8) is 0 Å². The van der Waals surface area contributed by atoms with Crippen LogP contribution in [0.3, 0.4) is 0 Å². The minimum Gasteiger partial charge on any atom is -0.394 e. The van der Waals surface area contributed by atoms with E-state index in [-0.39, 0.29) is 12.6 Å². The summed E-state index contributed by atoms with van der Waals surface area (Å²) < 4.78 is 0. The third-order valence-electron chi connectivity index (χ3n) is 2.68. The summed E-state index contributed by atoms with van der Waals surface area (Å²) in [5.41, 5.74) is 0.804. The standard InChI is InChI=1S/C11H16N4O/c1-7(2)9(5-16)15-11-8-3-4-12-10(8)13-6-14-11/h3-4,6-7,9,16H,5H2,1-2H3,(H2,12,13,14,15)/t9-/m0/s1. The number of nitrogens with one attached hydrogen (secondary N) is 2. The molecule has 5 heteroatoms. The molecule has 0 fully saturated rings. The van der Waals surface area contributed by atoms with Gasteiger partial charge in [0.1, 0.15) is 17.8 Å². The molecule has 0 aliphatic heterocycles. The van der Waals surface area contributed by atoms with Crippen LogP contribution >= 0.6 is 0 Å². The smallest absolute Gasteiger partial charge is 0.142 e. The Morgan fingerprint density at radius 1 is 1.44 bits per heavy atom. The third kappa shape index (κ3) is 1.99. The van der Waals surface area contributed by atoms with Crippen LogP contribution in [0, 0.1) is 5.92 Å². The molecular formula is C11H16N4O. The molecule has 2 heterocycles. The van der Waals surface area contributed by atoms with Gasteiger partial charge in [0, 0.05) is 6.20 Å². The molecule has 0 saturated heterocycles. The van der Waals surface area contributed by atoms with Crippen molar-refractivity contribution in [2.45, 2.75) is 19.9 Å². The minimum absolute atomic E-state index is 0.00741. The first kappa shape index (κ1) is 10.9. The second-order valence-corrected chi connectivity index (χ2v) is 4.14. The van der Waals surface area contributed by atoms with Crippen LogP contribution in [0.5, 0.6) is 0 Å². The lowest BCUT2D eigenvalue weighted by Crippen LogP contribution is -2.29. The number of fused-ring (bicyclic) bond motifs is 1. The van der Waals surface area contributed by atoms with Crippen molar-refractivity contribution in [3.05, 3.63) is 18.6 Å². The van der Waals surface area contributed by atoms with E-state index in [1.54, 1.807) is 0 Å². The lowest BCUT2D eigenvalue weighted by Gasteiger charge is -2.20. The van der Waals surface area contributed by atoms with Crippen LogP contribution < -0.4 is 5.32 Å². The van der Waals surface area contributed by atoms with Crippen LogP contribution in [-0.2, 0) is 0 Å². The fourth-order valence-electron chi connectivity index (χ4n) is 1.59. The van der Waals surface area contributed by atoms with E-state index < -0.39 is 0 Å². The molecule has 3 N–H and O–H groups in total. The maximum atomic E-state index is 9.27. The van der Waals surface area contributed by atoms with E-state index in [2.05, 4.69) is 34.1 Å². The molecular weight excluding hydrogens is 204 g/mol. The van der Waals surface area contributed by atoms with Crippen molar-refractivity contribution < 1.29 is 5.11 Å². The van der Waals surface area contributed by atoms with Crippen LogP contribution in [0.25, 0.3) is 11.0 Å². The van der Waals surface area contributed by atoms with Gasteiger partial charge in [0.15, 0.2) is 0 Å². The van der Waals surface area contributed by atoms with Crippen molar-refractivity contribution in [2.75, 3.05) is 11.9 Å². The Balaban J connectivity index is 2.29. The molecule has 1 atom stereocenters. The molecule has 0 bridgehead atoms. The Hall–Kier alpha value is -1.62. The largest absolute Gasteiger partial charge is 0.394 e. The molecule has 0 unspecified atom stereocenters. The van der Waals surface area contributed by atoms with Crippen LogP contribution in [0.2, 0.25) is 0 Å². The van der Waals surface area contributed by atoms with E-state index in [4.69, 9.17) is 0 Å². The first-order valence-corrected chi connectivity index (χ1v) is 5.38. The Bertz CT molecular complexity index is 466. The lowest BCUT2D eigenvalue weighted by atomic mass is 10.1. The van der Waals surface area contributed by atoms with Gasteiger partial charge >= 0.3 is 0 Å². The zero-order valence-electron chi connectivity index (χ0n) is 9.44. The first-order chi connectivity index (χ1) is 7.72. The zero-order chi connectivity index (χ0) is 11.5. The quantitative estimate of drug-likeness (QED) is 0.728. The van der Waals surface area contributed by atoms with Gasteiger partial charge in [-0.1, -0.05) is 13.8 Å². The van der Waals surface area contributed by atoms with Crippen LogP contribution in [0.1, 0.15) is 13.8 Å². The number of hydrogen-bond donors (Lipinski definition) is 3. The molecule has 0 aliphatic carbocycles. The van der Waals surface area contributed by atoms with Crippen LogP contribution in [0.15, 0.2) is 18.6 Å². The highest BCUT2D eigenvalue weighted by Crippen LogP contribution is 2.19. The maximum absolute atomic E-state index is 9.27. The molecule has 16 heavy (non-hydrogen) atoms. The zero-order valence-corrected chi connectivity index (χ0v) is 9.44. The van der Waals surface area contributed by atoms with E-state index in [1.807, 2.05) is 12.3 Å². The highest BCUT2D eigenvalue weighted by molar-refractivity contribution is 5.86. The fraction of sp³-hybridized carbons (Fsp3) is 0.455. The van der Waals surface area contributed by atoms with Crippen LogP contribution in [-0.4, -0.2) is 32.7 Å². The summed E-state index contributed by atoms with van der Waals surface area (Å²) in [6.07, 6.45) is 3.34. The molecule has 0 saturated carbocycles. The predicted molar refractivity (Wildman–Crippen MR) is 63.2 cm³/mol. The van der Waals surface area contributed by atoms with Gasteiger partial charge in [-0.2, -0.15) is 0 Å². The maximum Gasteiger partial charge on any atom is 0.142 e. The van der Waals surface area contributed by atoms with Gasteiger partial charge in [-0.3, -0.25) is 0 Å². The average Bonchev–Trinajstić information content (AvgIpc) is 2.73. The lowest BCUT2D eigenvalue weighted by molar-refractivity contribution is 0.249. The fourth-order valence-corrected chi connectivity index (χ4v) is 1.59. The number of nitrogens with zero attached hydrogens (tertiary/aromatic N) is 2. The summed E-state index contributed by atoms with van der Waals surface area (Å²) in [6, 6.07) is 1.93. The van der Waals surface area contributed by atoms with Crippen molar-refractivity contribution in [2.24, 2.45) is 5.92 Å². The topological polar surface area (TPSA) is 73.8 Å². The number of aromatic nitrogens is 3. The van der Waals surface area contributed by atoms with E-state index in [1.165, 1.54) is 6.33 Å². The summed E-state index contributed by atoms with van der Waals surface area (Å²) in [5.74, 6) is 1.10. The molecule has 0 amide bonds. The Kier molecular flexibility index (Phi) is 3.05. The molecule has 0 aromatic carbocycles. The summed E-state index contributed by atoms with van der Waals surface area (Å²) in [5, 5.41) is 13.4. The Morgan fingerprint density at radius 3 is 2.94 bits per heavy atom. The van der Waals surface area contributed by atoms with E-state index in [9.17, 15) is 5.11 Å². The highest BCUT2D eigenvalue weighted by Gasteiger charge is 2.14. The Labute approximate surface area is 93.9 Å². The monoisotopic (exact) mass is 220 g/mol. The number of rotatable bonds is 4. The number of aromatic amines is 1. The summed E-state index contributed by atoms with van der Waals surface area (Å²) >= 11 is 0. The van der Waals surface area contributed by atoms with E-state index in [0.717, 1.165) is 16.9 Å². The number of hydrogen-bond acceptors (Lipinski definition) is 4.